The molecule has 2 heteroatoms. The molecule has 0 saturated carbocycles. The van der Waals surface area contributed by atoms with E-state index in [2.05, 4.69) is 31.2 Å². The van der Waals surface area contributed by atoms with Gasteiger partial charge in [0.05, 0.1) is 0 Å². The van der Waals surface area contributed by atoms with Crippen molar-refractivity contribution in [3.63, 3.8) is 0 Å². The first kappa shape index (κ1) is 35.7. The number of esters is 1. The van der Waals surface area contributed by atoms with Crippen LogP contribution >= 0.6 is 0 Å². The van der Waals surface area contributed by atoms with Crippen molar-refractivity contribution in [2.24, 2.45) is 0 Å². The zero-order valence-corrected chi connectivity index (χ0v) is 26.4. The third kappa shape index (κ3) is 24.2. The second-order valence-corrected chi connectivity index (χ2v) is 12.1. The summed E-state index contributed by atoms with van der Waals surface area (Å²) < 4.78 is 5.15. The number of ether oxygens (including phenoxy) is 1. The summed E-state index contributed by atoms with van der Waals surface area (Å²) in [6.45, 7) is 4.23. The molecule has 1 aliphatic rings. The Bertz CT molecular complexity index is 629. The van der Waals surface area contributed by atoms with Crippen molar-refractivity contribution >= 4 is 5.97 Å². The topological polar surface area (TPSA) is 26.3 Å². The fourth-order valence-corrected chi connectivity index (χ4v) is 5.57. The predicted molar refractivity (Wildman–Crippen MR) is 172 cm³/mol. The summed E-state index contributed by atoms with van der Waals surface area (Å²) in [6, 6.07) is 0. The fraction of sp³-hybridized carbons (Fsp3) is 0.811. The van der Waals surface area contributed by atoms with Crippen LogP contribution < -0.4 is 0 Å². The van der Waals surface area contributed by atoms with Crippen LogP contribution in [0.25, 0.3) is 0 Å². The Morgan fingerprint density at radius 3 is 1.28 bits per heavy atom. The van der Waals surface area contributed by atoms with E-state index in [0.29, 0.717) is 0 Å². The van der Waals surface area contributed by atoms with Crippen molar-refractivity contribution < 1.29 is 9.53 Å². The van der Waals surface area contributed by atoms with E-state index in [4.69, 9.17) is 4.74 Å². The molecule has 1 rings (SSSR count). The van der Waals surface area contributed by atoms with Crippen molar-refractivity contribution in [3.05, 3.63) is 36.0 Å². The molecule has 39 heavy (non-hydrogen) atoms. The zero-order chi connectivity index (χ0) is 28.1. The van der Waals surface area contributed by atoms with Gasteiger partial charge in [0.1, 0.15) is 6.10 Å². The summed E-state index contributed by atoms with van der Waals surface area (Å²) >= 11 is 0. The molecule has 0 spiro atoms. The van der Waals surface area contributed by atoms with Gasteiger partial charge in [-0.3, -0.25) is 0 Å². The summed E-state index contributed by atoms with van der Waals surface area (Å²) in [6.07, 6.45) is 47.9. The van der Waals surface area contributed by atoms with Gasteiger partial charge in [-0.2, -0.15) is 0 Å². The van der Waals surface area contributed by atoms with Crippen molar-refractivity contribution in [2.75, 3.05) is 0 Å². The summed E-state index contributed by atoms with van der Waals surface area (Å²) in [5, 5.41) is 0. The van der Waals surface area contributed by atoms with Crippen LogP contribution in [0.1, 0.15) is 187 Å². The maximum absolute atomic E-state index is 11.6. The van der Waals surface area contributed by atoms with Crippen LogP contribution in [-0.4, -0.2) is 12.1 Å². The number of carbonyl (C=O) groups is 1. The van der Waals surface area contributed by atoms with Gasteiger partial charge >= 0.3 is 5.97 Å². The SMILES string of the molecule is CCCCCCCCCCCCCCCCC=CCCC=CCCCCCCCCCCC1=CC(C)OC1=O. The summed E-state index contributed by atoms with van der Waals surface area (Å²) in [7, 11) is 0. The quantitative estimate of drug-likeness (QED) is 0.0533. The molecule has 0 amide bonds. The third-order valence-electron chi connectivity index (χ3n) is 8.12. The predicted octanol–water partition coefficient (Wildman–Crippen LogP) is 12.5. The van der Waals surface area contributed by atoms with Crippen LogP contribution in [0.4, 0.5) is 0 Å². The van der Waals surface area contributed by atoms with Gasteiger partial charge in [0.25, 0.3) is 0 Å². The van der Waals surface area contributed by atoms with Crippen LogP contribution in [0, 0.1) is 0 Å². The van der Waals surface area contributed by atoms with Crippen LogP contribution in [0.5, 0.6) is 0 Å². The Labute approximate surface area is 244 Å². The number of unbranched alkanes of at least 4 members (excludes halogenated alkanes) is 23. The van der Waals surface area contributed by atoms with Crippen molar-refractivity contribution in [1.29, 1.82) is 0 Å². The molecule has 0 fully saturated rings. The summed E-state index contributed by atoms with van der Waals surface area (Å²) in [5.74, 6) is -0.0941. The Morgan fingerprint density at radius 2 is 0.897 bits per heavy atom. The molecule has 0 aromatic heterocycles. The molecule has 0 N–H and O–H groups in total. The summed E-state index contributed by atoms with van der Waals surface area (Å²) in [4.78, 5) is 11.6. The average molecular weight is 543 g/mol. The second kappa shape index (κ2) is 28.2. The van der Waals surface area contributed by atoms with Gasteiger partial charge in [0.2, 0.25) is 0 Å². The fourth-order valence-electron chi connectivity index (χ4n) is 5.57. The Hall–Kier alpha value is -1.31. The molecule has 2 nitrogen and oxygen atoms in total. The molecule has 0 aromatic rings. The first-order valence-electron chi connectivity index (χ1n) is 17.5. The molecule has 1 unspecified atom stereocenters. The first-order chi connectivity index (χ1) is 19.2. The lowest BCUT2D eigenvalue weighted by Gasteiger charge is -2.02. The monoisotopic (exact) mass is 543 g/mol. The zero-order valence-electron chi connectivity index (χ0n) is 26.4. The van der Waals surface area contributed by atoms with E-state index in [9.17, 15) is 4.79 Å². The largest absolute Gasteiger partial charge is 0.455 e. The van der Waals surface area contributed by atoms with Gasteiger partial charge < -0.3 is 4.74 Å². The van der Waals surface area contributed by atoms with Crippen molar-refractivity contribution in [3.8, 4) is 0 Å². The lowest BCUT2D eigenvalue weighted by atomic mass is 10.0. The standard InChI is InChI=1S/C37H66O2/c1-3-4-5-6-7-8-9-10-11-12-13-14-15-16-17-18-19-20-21-22-23-24-25-26-27-28-29-30-31-32-33-36-34-35(2)39-37(36)38/h18-19,22-23,34-35H,3-17,20-21,24-33H2,1-2H3. The van der Waals surface area contributed by atoms with Crippen molar-refractivity contribution in [2.45, 2.75) is 193 Å². The molecule has 1 heterocycles. The van der Waals surface area contributed by atoms with Crippen LogP contribution in [0.3, 0.4) is 0 Å². The van der Waals surface area contributed by atoms with E-state index < -0.39 is 0 Å². The minimum absolute atomic E-state index is 0.0206. The molecular formula is C37H66O2. The van der Waals surface area contributed by atoms with Crippen LogP contribution in [0.15, 0.2) is 36.0 Å². The highest BCUT2D eigenvalue weighted by molar-refractivity contribution is 5.90. The Kier molecular flexibility index (Phi) is 25.9. The number of carbonyl (C=O) groups excluding carboxylic acids is 1. The normalized spacial score (nSPS) is 15.6. The molecule has 0 saturated heterocycles. The first-order valence-corrected chi connectivity index (χ1v) is 17.5. The van der Waals surface area contributed by atoms with Gasteiger partial charge in [-0.15, -0.1) is 0 Å². The van der Waals surface area contributed by atoms with Crippen LogP contribution in [-0.2, 0) is 9.53 Å². The minimum atomic E-state index is -0.0941. The van der Waals surface area contributed by atoms with Gasteiger partial charge in [0.15, 0.2) is 0 Å². The number of cyclic esters (lactones) is 1. The number of rotatable bonds is 29. The highest BCUT2D eigenvalue weighted by Crippen LogP contribution is 2.20. The Balaban J connectivity index is 1.71. The van der Waals surface area contributed by atoms with Gasteiger partial charge in [-0.05, 0) is 64.4 Å². The molecule has 1 atom stereocenters. The lowest BCUT2D eigenvalue weighted by Crippen LogP contribution is -2.03. The third-order valence-corrected chi connectivity index (χ3v) is 8.12. The van der Waals surface area contributed by atoms with Gasteiger partial charge in [-0.1, -0.05) is 153 Å². The van der Waals surface area contributed by atoms with E-state index in [1.54, 1.807) is 0 Å². The number of hydrogen-bond acceptors (Lipinski definition) is 2. The second-order valence-electron chi connectivity index (χ2n) is 12.1. The summed E-state index contributed by atoms with van der Waals surface area (Å²) in [5.41, 5.74) is 0.895. The Morgan fingerprint density at radius 1 is 0.538 bits per heavy atom. The van der Waals surface area contributed by atoms with Gasteiger partial charge in [0, 0.05) is 5.57 Å². The molecule has 226 valence electrons. The molecule has 1 aliphatic heterocycles. The van der Waals surface area contributed by atoms with E-state index in [1.165, 1.54) is 161 Å². The van der Waals surface area contributed by atoms with E-state index in [0.717, 1.165) is 18.4 Å². The van der Waals surface area contributed by atoms with E-state index in [-0.39, 0.29) is 12.1 Å². The van der Waals surface area contributed by atoms with Crippen LogP contribution in [0.2, 0.25) is 0 Å². The molecule has 0 radical (unpaired) electrons. The molecule has 0 bridgehead atoms. The number of allylic oxidation sites excluding steroid dienone is 4. The highest BCUT2D eigenvalue weighted by Gasteiger charge is 2.21. The highest BCUT2D eigenvalue weighted by atomic mass is 16.5. The van der Waals surface area contributed by atoms with Gasteiger partial charge in [-0.25, -0.2) is 4.79 Å². The smallest absolute Gasteiger partial charge is 0.334 e. The number of hydrogen-bond donors (Lipinski definition) is 0. The van der Waals surface area contributed by atoms with Crippen molar-refractivity contribution in [1.82, 2.24) is 0 Å². The minimum Gasteiger partial charge on any atom is -0.455 e. The molecular weight excluding hydrogens is 476 g/mol. The lowest BCUT2D eigenvalue weighted by molar-refractivity contribution is -0.139. The molecule has 0 aliphatic carbocycles. The maximum Gasteiger partial charge on any atom is 0.334 e. The van der Waals surface area contributed by atoms with E-state index >= 15 is 0 Å². The maximum atomic E-state index is 11.6. The average Bonchev–Trinajstić information content (AvgIpc) is 3.26. The van der Waals surface area contributed by atoms with E-state index in [1.807, 2.05) is 13.0 Å². The molecule has 0 aromatic carbocycles.